The normalized spacial score (nSPS) is 20.2. The average molecular weight is 431 g/mol. The molecule has 1 saturated carbocycles. The molecule has 0 spiro atoms. The maximum atomic E-state index is 12.8. The van der Waals surface area contributed by atoms with Gasteiger partial charge in [-0.2, -0.15) is 13.2 Å². The predicted molar refractivity (Wildman–Crippen MR) is 102 cm³/mol. The molecule has 11 heteroatoms. The molecule has 2 N–H and O–H groups in total. The minimum absolute atomic E-state index is 0.0234. The van der Waals surface area contributed by atoms with E-state index in [2.05, 4.69) is 10.6 Å². The number of halogens is 3. The van der Waals surface area contributed by atoms with Crippen molar-refractivity contribution >= 4 is 23.3 Å². The molecule has 1 aliphatic carbocycles. The molecule has 0 aliphatic heterocycles. The second-order valence-electron chi connectivity index (χ2n) is 7.40. The monoisotopic (exact) mass is 431 g/mol. The number of ether oxygens (including phenoxy) is 1. The van der Waals surface area contributed by atoms with E-state index in [9.17, 15) is 32.9 Å². The van der Waals surface area contributed by atoms with E-state index in [0.29, 0.717) is 18.1 Å². The Morgan fingerprint density at radius 3 is 2.57 bits per heavy atom. The summed E-state index contributed by atoms with van der Waals surface area (Å²) in [5.41, 5.74) is -2.27. The lowest BCUT2D eigenvalue weighted by atomic mass is 9.86. The van der Waals surface area contributed by atoms with Gasteiger partial charge in [-0.05, 0) is 37.8 Å². The quantitative estimate of drug-likeness (QED) is 0.387. The molecule has 2 rings (SSSR count). The molecule has 166 valence electrons. The molecule has 0 bridgehead atoms. The maximum absolute atomic E-state index is 12.8. The Bertz CT molecular complexity index is 800. The van der Waals surface area contributed by atoms with Crippen molar-refractivity contribution in [2.24, 2.45) is 5.92 Å². The minimum atomic E-state index is -4.74. The number of alkyl halides is 3. The number of amides is 1. The van der Waals surface area contributed by atoms with Crippen LogP contribution in [0.15, 0.2) is 18.2 Å². The third kappa shape index (κ3) is 6.33. The minimum Gasteiger partial charge on any atom is -0.454 e. The zero-order valence-electron chi connectivity index (χ0n) is 16.6. The largest absolute Gasteiger partial charge is 0.454 e. The third-order valence-electron chi connectivity index (χ3n) is 5.05. The molecule has 1 aliphatic rings. The van der Waals surface area contributed by atoms with E-state index >= 15 is 0 Å². The first-order valence-corrected chi connectivity index (χ1v) is 9.57. The van der Waals surface area contributed by atoms with Crippen molar-refractivity contribution in [2.45, 2.75) is 57.8 Å². The fraction of sp³-hybridized carbons (Fsp3) is 0.579. The number of anilines is 1. The van der Waals surface area contributed by atoms with E-state index in [0.717, 1.165) is 31.7 Å². The van der Waals surface area contributed by atoms with Crippen LogP contribution < -0.4 is 10.6 Å². The molecule has 1 amide bonds. The second-order valence-corrected chi connectivity index (χ2v) is 7.40. The number of carbonyl (C=O) groups excluding carboxylic acids is 2. The Hall–Kier alpha value is -2.85. The molecule has 0 heterocycles. The van der Waals surface area contributed by atoms with Crippen LogP contribution in [0.2, 0.25) is 0 Å². The van der Waals surface area contributed by atoms with Gasteiger partial charge in [0.15, 0.2) is 6.61 Å². The van der Waals surface area contributed by atoms with Gasteiger partial charge >= 0.3 is 12.1 Å². The number of nitrogens with one attached hydrogen (secondary N) is 2. The molecule has 3 atom stereocenters. The van der Waals surface area contributed by atoms with E-state index in [4.69, 9.17) is 4.74 Å². The lowest BCUT2D eigenvalue weighted by molar-refractivity contribution is -0.384. The standard InChI is InChI=1S/C19H24F3N3O5/c1-11-5-3-4-6-14(11)24-17(26)10-30-18(27)12(2)23-15-8-7-13(19(20,21)22)9-16(15)25(28)29/h7-9,11-12,14,23H,3-6,10H2,1-2H3,(H,24,26)/t11?,12-,14?/m1/s1. The molecule has 0 saturated heterocycles. The SMILES string of the molecule is CC1CCCCC1NC(=O)COC(=O)[C@@H](C)Nc1ccc(C(F)(F)F)cc1[N+](=O)[O-]. The van der Waals surface area contributed by atoms with Gasteiger partial charge in [-0.3, -0.25) is 14.9 Å². The van der Waals surface area contributed by atoms with Gasteiger partial charge in [0.1, 0.15) is 11.7 Å². The van der Waals surface area contributed by atoms with Crippen molar-refractivity contribution < 1.29 is 32.4 Å². The lowest BCUT2D eigenvalue weighted by Gasteiger charge is -2.29. The molecular weight excluding hydrogens is 407 g/mol. The van der Waals surface area contributed by atoms with Crippen LogP contribution in [0, 0.1) is 16.0 Å². The zero-order valence-corrected chi connectivity index (χ0v) is 16.6. The summed E-state index contributed by atoms with van der Waals surface area (Å²) in [6.07, 6.45) is -0.741. The maximum Gasteiger partial charge on any atom is 0.416 e. The van der Waals surface area contributed by atoms with Crippen LogP contribution in [-0.2, 0) is 20.5 Å². The van der Waals surface area contributed by atoms with Crippen molar-refractivity contribution in [3.8, 4) is 0 Å². The van der Waals surface area contributed by atoms with Gasteiger partial charge in [-0.25, -0.2) is 4.79 Å². The highest BCUT2D eigenvalue weighted by atomic mass is 19.4. The van der Waals surface area contributed by atoms with Gasteiger partial charge in [-0.1, -0.05) is 19.8 Å². The first kappa shape index (κ1) is 23.4. The van der Waals surface area contributed by atoms with Crippen LogP contribution in [0.1, 0.15) is 45.1 Å². The van der Waals surface area contributed by atoms with Crippen molar-refractivity contribution in [1.29, 1.82) is 0 Å². The highest BCUT2D eigenvalue weighted by Gasteiger charge is 2.33. The van der Waals surface area contributed by atoms with Gasteiger partial charge in [0.2, 0.25) is 0 Å². The lowest BCUT2D eigenvalue weighted by Crippen LogP contribution is -2.43. The summed E-state index contributed by atoms with van der Waals surface area (Å²) in [5.74, 6) is -0.981. The second kappa shape index (κ2) is 9.77. The van der Waals surface area contributed by atoms with Crippen LogP contribution in [0.3, 0.4) is 0 Å². The first-order chi connectivity index (χ1) is 14.0. The Labute approximate surface area is 171 Å². The highest BCUT2D eigenvalue weighted by Crippen LogP contribution is 2.35. The molecule has 30 heavy (non-hydrogen) atoms. The number of carbonyl (C=O) groups is 2. The molecule has 2 unspecified atom stereocenters. The Morgan fingerprint density at radius 2 is 1.97 bits per heavy atom. The number of hydrogen-bond acceptors (Lipinski definition) is 6. The summed E-state index contributed by atoms with van der Waals surface area (Å²) in [4.78, 5) is 34.2. The number of hydrogen-bond donors (Lipinski definition) is 2. The van der Waals surface area contributed by atoms with Gasteiger partial charge < -0.3 is 15.4 Å². The van der Waals surface area contributed by atoms with E-state index in [-0.39, 0.29) is 11.7 Å². The average Bonchev–Trinajstić information content (AvgIpc) is 2.67. The molecular formula is C19H24F3N3O5. The van der Waals surface area contributed by atoms with Crippen molar-refractivity contribution in [2.75, 3.05) is 11.9 Å². The summed E-state index contributed by atoms with van der Waals surface area (Å²) >= 11 is 0. The molecule has 1 aromatic rings. The Balaban J connectivity index is 1.93. The van der Waals surface area contributed by atoms with E-state index < -0.39 is 46.9 Å². The van der Waals surface area contributed by atoms with E-state index in [1.807, 2.05) is 6.92 Å². The summed E-state index contributed by atoms with van der Waals surface area (Å²) in [7, 11) is 0. The van der Waals surface area contributed by atoms with Crippen LogP contribution in [-0.4, -0.2) is 35.5 Å². The first-order valence-electron chi connectivity index (χ1n) is 9.57. The number of rotatable bonds is 7. The molecule has 8 nitrogen and oxygen atoms in total. The van der Waals surface area contributed by atoms with Crippen molar-refractivity contribution in [1.82, 2.24) is 5.32 Å². The van der Waals surface area contributed by atoms with E-state index in [1.54, 1.807) is 0 Å². The smallest absolute Gasteiger partial charge is 0.416 e. The summed E-state index contributed by atoms with van der Waals surface area (Å²) in [5, 5.41) is 16.4. The zero-order chi connectivity index (χ0) is 22.5. The van der Waals surface area contributed by atoms with Crippen LogP contribution in [0.4, 0.5) is 24.5 Å². The van der Waals surface area contributed by atoms with E-state index in [1.165, 1.54) is 6.92 Å². The number of nitrogens with zero attached hydrogens (tertiary/aromatic N) is 1. The van der Waals surface area contributed by atoms with Crippen LogP contribution >= 0.6 is 0 Å². The molecule has 1 fully saturated rings. The van der Waals surface area contributed by atoms with Gasteiger partial charge in [-0.15, -0.1) is 0 Å². The van der Waals surface area contributed by atoms with Gasteiger partial charge in [0, 0.05) is 12.1 Å². The van der Waals surface area contributed by atoms with Crippen molar-refractivity contribution in [3.63, 3.8) is 0 Å². The van der Waals surface area contributed by atoms with Crippen LogP contribution in [0.5, 0.6) is 0 Å². The highest BCUT2D eigenvalue weighted by molar-refractivity contribution is 5.84. The molecule has 1 aromatic carbocycles. The summed E-state index contributed by atoms with van der Waals surface area (Å²) in [6, 6.07) is 0.838. The predicted octanol–water partition coefficient (Wildman–Crippen LogP) is 3.65. The summed E-state index contributed by atoms with van der Waals surface area (Å²) in [6.45, 7) is 2.85. The number of esters is 1. The van der Waals surface area contributed by atoms with Gasteiger partial charge in [0.05, 0.1) is 10.5 Å². The summed E-state index contributed by atoms with van der Waals surface area (Å²) < 4.78 is 43.2. The molecule has 0 aromatic heterocycles. The fourth-order valence-electron chi connectivity index (χ4n) is 3.31. The number of benzene rings is 1. The fourth-order valence-corrected chi connectivity index (χ4v) is 3.31. The number of nitro groups is 1. The molecule has 0 radical (unpaired) electrons. The van der Waals surface area contributed by atoms with Crippen LogP contribution in [0.25, 0.3) is 0 Å². The third-order valence-corrected chi connectivity index (χ3v) is 5.05. The van der Waals surface area contributed by atoms with Crippen molar-refractivity contribution in [3.05, 3.63) is 33.9 Å². The Morgan fingerprint density at radius 1 is 1.30 bits per heavy atom. The van der Waals surface area contributed by atoms with Gasteiger partial charge in [0.25, 0.3) is 11.6 Å². The number of nitro benzene ring substituents is 1. The Kier molecular flexibility index (Phi) is 7.63. The topological polar surface area (TPSA) is 111 Å².